The molecule has 1 amide bonds. The molecule has 0 saturated heterocycles. The zero-order chi connectivity index (χ0) is 19.4. The number of benzene rings is 1. The Hall–Kier alpha value is -2.04. The van der Waals surface area contributed by atoms with E-state index in [2.05, 4.69) is 31.3 Å². The van der Waals surface area contributed by atoms with Crippen LogP contribution in [0.1, 0.15) is 64.2 Å². The molecule has 0 aliphatic heterocycles. The minimum atomic E-state index is -0.775. The molecule has 1 rings (SSSR count). The molecule has 0 aliphatic rings. The Balaban J connectivity index is 2.68. The third-order valence-corrected chi connectivity index (χ3v) is 4.09. The molecule has 1 N–H and O–H groups in total. The second-order valence-electron chi connectivity index (χ2n) is 7.60. The van der Waals surface area contributed by atoms with E-state index in [9.17, 15) is 9.59 Å². The third kappa shape index (κ3) is 6.40. The molecule has 1 aromatic rings. The molecule has 3 atom stereocenters. The fourth-order valence-corrected chi connectivity index (χ4v) is 2.71. The number of ether oxygens (including phenoxy) is 2. The Labute approximate surface area is 151 Å². The maximum Gasteiger partial charge on any atom is 0.408 e. The van der Waals surface area contributed by atoms with E-state index >= 15 is 0 Å². The van der Waals surface area contributed by atoms with Gasteiger partial charge < -0.3 is 14.8 Å². The number of carbonyl (C=O) groups excluding carboxylic acids is 2. The van der Waals surface area contributed by atoms with E-state index in [-0.39, 0.29) is 12.0 Å². The van der Waals surface area contributed by atoms with E-state index < -0.39 is 23.7 Å². The Kier molecular flexibility index (Phi) is 7.03. The fraction of sp³-hybridized carbons (Fsp3) is 0.600. The number of nitrogens with one attached hydrogen (secondary N) is 1. The molecule has 0 aliphatic carbocycles. The van der Waals surface area contributed by atoms with Gasteiger partial charge in [-0.15, -0.1) is 0 Å². The van der Waals surface area contributed by atoms with E-state index in [0.717, 1.165) is 0 Å². The number of amides is 1. The first kappa shape index (κ1) is 21.0. The van der Waals surface area contributed by atoms with Crippen LogP contribution in [0.5, 0.6) is 0 Å². The zero-order valence-corrected chi connectivity index (χ0v) is 16.6. The van der Waals surface area contributed by atoms with Crippen LogP contribution in [0.4, 0.5) is 4.79 Å². The van der Waals surface area contributed by atoms with Crippen molar-refractivity contribution in [3.05, 3.63) is 34.9 Å². The largest absolute Gasteiger partial charge is 0.461 e. The molecular formula is C20H31NO4. The SMILES string of the molecule is Cc1cccc(C)c1C(C)C(C)OC(=O)[C@H](C)NC(=O)OC(C)(C)C. The van der Waals surface area contributed by atoms with Crippen molar-refractivity contribution in [2.45, 2.75) is 79.1 Å². The second-order valence-corrected chi connectivity index (χ2v) is 7.60. The van der Waals surface area contributed by atoms with E-state index in [4.69, 9.17) is 9.47 Å². The summed E-state index contributed by atoms with van der Waals surface area (Å²) in [6.07, 6.45) is -0.942. The van der Waals surface area contributed by atoms with Gasteiger partial charge in [0.1, 0.15) is 17.7 Å². The van der Waals surface area contributed by atoms with Crippen molar-refractivity contribution in [1.29, 1.82) is 0 Å². The van der Waals surface area contributed by atoms with E-state index in [0.29, 0.717) is 0 Å². The zero-order valence-electron chi connectivity index (χ0n) is 16.6. The number of aryl methyl sites for hydroxylation is 2. The first-order chi connectivity index (χ1) is 11.4. The Bertz CT molecular complexity index is 598. The van der Waals surface area contributed by atoms with Gasteiger partial charge >= 0.3 is 12.1 Å². The Morgan fingerprint density at radius 3 is 2.04 bits per heavy atom. The van der Waals surface area contributed by atoms with Crippen molar-refractivity contribution in [2.75, 3.05) is 0 Å². The van der Waals surface area contributed by atoms with Crippen LogP contribution in [0.3, 0.4) is 0 Å². The van der Waals surface area contributed by atoms with Crippen LogP contribution in [0, 0.1) is 13.8 Å². The van der Waals surface area contributed by atoms with Gasteiger partial charge in [0.05, 0.1) is 0 Å². The van der Waals surface area contributed by atoms with Crippen LogP contribution in [-0.4, -0.2) is 29.8 Å². The predicted octanol–water partition coefficient (Wildman–Crippen LogP) is 4.25. The van der Waals surface area contributed by atoms with Gasteiger partial charge in [0.25, 0.3) is 0 Å². The lowest BCUT2D eigenvalue weighted by molar-refractivity contribution is -0.151. The number of rotatable bonds is 5. The molecule has 0 heterocycles. The fourth-order valence-electron chi connectivity index (χ4n) is 2.71. The molecule has 0 radical (unpaired) electrons. The van der Waals surface area contributed by atoms with Crippen LogP contribution >= 0.6 is 0 Å². The van der Waals surface area contributed by atoms with Gasteiger partial charge in [-0.05, 0) is 65.2 Å². The monoisotopic (exact) mass is 349 g/mol. The van der Waals surface area contributed by atoms with Crippen molar-refractivity contribution in [1.82, 2.24) is 5.32 Å². The Morgan fingerprint density at radius 1 is 1.04 bits per heavy atom. The van der Waals surface area contributed by atoms with Gasteiger partial charge in [-0.1, -0.05) is 25.1 Å². The van der Waals surface area contributed by atoms with E-state index in [1.807, 2.05) is 19.9 Å². The summed E-state index contributed by atoms with van der Waals surface area (Å²) in [5, 5.41) is 2.51. The highest BCUT2D eigenvalue weighted by molar-refractivity contribution is 5.81. The van der Waals surface area contributed by atoms with Crippen LogP contribution in [0.2, 0.25) is 0 Å². The number of carbonyl (C=O) groups is 2. The highest BCUT2D eigenvalue weighted by Gasteiger charge is 2.26. The smallest absolute Gasteiger partial charge is 0.408 e. The molecule has 2 unspecified atom stereocenters. The number of hydrogen-bond donors (Lipinski definition) is 1. The van der Waals surface area contributed by atoms with Crippen molar-refractivity contribution in [3.8, 4) is 0 Å². The van der Waals surface area contributed by atoms with Crippen LogP contribution < -0.4 is 5.32 Å². The Morgan fingerprint density at radius 2 is 1.56 bits per heavy atom. The molecule has 0 saturated carbocycles. The third-order valence-electron chi connectivity index (χ3n) is 4.09. The van der Waals surface area contributed by atoms with Crippen LogP contribution in [0.15, 0.2) is 18.2 Å². The minimum absolute atomic E-state index is 0.0545. The summed E-state index contributed by atoms with van der Waals surface area (Å²) in [7, 11) is 0. The normalized spacial score (nSPS) is 15.0. The standard InChI is InChI=1S/C20H31NO4/c1-12-10-9-11-13(2)17(12)14(3)16(5)24-18(22)15(4)21-19(23)25-20(6,7)8/h9-11,14-16H,1-8H3,(H,21,23)/t14?,15-,16?/m0/s1. The van der Waals surface area contributed by atoms with Gasteiger partial charge in [-0.25, -0.2) is 9.59 Å². The minimum Gasteiger partial charge on any atom is -0.461 e. The lowest BCUT2D eigenvalue weighted by atomic mass is 9.89. The van der Waals surface area contributed by atoms with Gasteiger partial charge in [0.15, 0.2) is 0 Å². The summed E-state index contributed by atoms with van der Waals surface area (Å²) in [6, 6.07) is 5.35. The lowest BCUT2D eigenvalue weighted by Gasteiger charge is -2.26. The van der Waals surface area contributed by atoms with Crippen molar-refractivity contribution >= 4 is 12.1 Å². The molecule has 25 heavy (non-hydrogen) atoms. The molecule has 5 nitrogen and oxygen atoms in total. The molecule has 0 bridgehead atoms. The first-order valence-corrected chi connectivity index (χ1v) is 8.68. The summed E-state index contributed by atoms with van der Waals surface area (Å²) in [6.45, 7) is 14.9. The molecule has 0 aromatic heterocycles. The number of alkyl carbamates (subject to hydrolysis) is 1. The molecule has 140 valence electrons. The average molecular weight is 349 g/mol. The molecule has 1 aromatic carbocycles. The highest BCUT2D eigenvalue weighted by atomic mass is 16.6. The summed E-state index contributed by atoms with van der Waals surface area (Å²) in [5.41, 5.74) is 2.93. The summed E-state index contributed by atoms with van der Waals surface area (Å²) < 4.78 is 10.7. The first-order valence-electron chi connectivity index (χ1n) is 8.68. The quantitative estimate of drug-likeness (QED) is 0.807. The summed E-state index contributed by atoms with van der Waals surface area (Å²) in [5.74, 6) is -0.421. The molecule has 5 heteroatoms. The maximum absolute atomic E-state index is 12.3. The van der Waals surface area contributed by atoms with Gasteiger partial charge in [-0.2, -0.15) is 0 Å². The number of esters is 1. The van der Waals surface area contributed by atoms with Crippen LogP contribution in [0.25, 0.3) is 0 Å². The lowest BCUT2D eigenvalue weighted by Crippen LogP contribution is -2.43. The summed E-state index contributed by atoms with van der Waals surface area (Å²) >= 11 is 0. The van der Waals surface area contributed by atoms with Crippen molar-refractivity contribution in [2.24, 2.45) is 0 Å². The maximum atomic E-state index is 12.3. The van der Waals surface area contributed by atoms with E-state index in [1.165, 1.54) is 16.7 Å². The van der Waals surface area contributed by atoms with Crippen LogP contribution in [-0.2, 0) is 14.3 Å². The molecule has 0 spiro atoms. The predicted molar refractivity (Wildman–Crippen MR) is 98.7 cm³/mol. The molecule has 0 fully saturated rings. The second kappa shape index (κ2) is 8.37. The van der Waals surface area contributed by atoms with Gasteiger partial charge in [0.2, 0.25) is 0 Å². The highest BCUT2D eigenvalue weighted by Crippen LogP contribution is 2.27. The summed E-state index contributed by atoms with van der Waals surface area (Å²) in [4.78, 5) is 24.0. The van der Waals surface area contributed by atoms with Crippen molar-refractivity contribution in [3.63, 3.8) is 0 Å². The van der Waals surface area contributed by atoms with Gasteiger partial charge in [-0.3, -0.25) is 0 Å². The average Bonchev–Trinajstić information content (AvgIpc) is 2.44. The van der Waals surface area contributed by atoms with Crippen molar-refractivity contribution < 1.29 is 19.1 Å². The molecular weight excluding hydrogens is 318 g/mol. The van der Waals surface area contributed by atoms with Gasteiger partial charge in [0, 0.05) is 5.92 Å². The van der Waals surface area contributed by atoms with E-state index in [1.54, 1.807) is 27.7 Å². The topological polar surface area (TPSA) is 64.6 Å². The number of hydrogen-bond acceptors (Lipinski definition) is 4.